The van der Waals surface area contributed by atoms with Crippen molar-refractivity contribution in [2.45, 2.75) is 45.1 Å². The number of benzene rings is 1. The molecule has 0 aromatic heterocycles. The number of ether oxygens (including phenoxy) is 2. The molecule has 1 heterocycles. The Bertz CT molecular complexity index is 617. The third-order valence-corrected chi connectivity index (χ3v) is 4.73. The summed E-state index contributed by atoms with van der Waals surface area (Å²) < 4.78 is 10.5. The first-order valence-corrected chi connectivity index (χ1v) is 8.60. The van der Waals surface area contributed by atoms with Crippen LogP contribution in [-0.2, 0) is 4.79 Å². The summed E-state index contributed by atoms with van der Waals surface area (Å²) in [4.78, 5) is 24.2. The summed E-state index contributed by atoms with van der Waals surface area (Å²) in [6, 6.07) is 5.33. The predicted molar refractivity (Wildman–Crippen MR) is 89.1 cm³/mol. The molecule has 1 aliphatic heterocycles. The molecule has 2 unspecified atom stereocenters. The van der Waals surface area contributed by atoms with Crippen molar-refractivity contribution in [3.05, 3.63) is 23.8 Å². The summed E-state index contributed by atoms with van der Waals surface area (Å²) in [5.41, 5.74) is 0.501. The van der Waals surface area contributed by atoms with Crippen molar-refractivity contribution >= 4 is 11.8 Å². The first-order valence-electron chi connectivity index (χ1n) is 8.60. The predicted octanol–water partition coefficient (Wildman–Crippen LogP) is 2.23. The van der Waals surface area contributed by atoms with Gasteiger partial charge in [-0.25, -0.2) is 0 Å². The molecule has 0 spiro atoms. The van der Waals surface area contributed by atoms with Crippen molar-refractivity contribution < 1.29 is 19.1 Å². The molecule has 0 saturated heterocycles. The van der Waals surface area contributed by atoms with Crippen LogP contribution in [0.2, 0.25) is 0 Å². The first kappa shape index (κ1) is 16.6. The zero-order valence-corrected chi connectivity index (χ0v) is 14.0. The highest BCUT2D eigenvalue weighted by molar-refractivity contribution is 5.95. The fourth-order valence-electron chi connectivity index (χ4n) is 3.24. The molecule has 6 heteroatoms. The molecule has 1 aromatic carbocycles. The Labute approximate surface area is 141 Å². The van der Waals surface area contributed by atoms with Gasteiger partial charge in [0.15, 0.2) is 11.5 Å². The van der Waals surface area contributed by atoms with Crippen LogP contribution in [0.4, 0.5) is 0 Å². The minimum Gasteiger partial charge on any atom is -0.454 e. The first-order chi connectivity index (χ1) is 11.6. The number of carbonyl (C=O) groups excluding carboxylic acids is 2. The van der Waals surface area contributed by atoms with Crippen molar-refractivity contribution in [2.24, 2.45) is 5.92 Å². The van der Waals surface area contributed by atoms with Gasteiger partial charge in [0.25, 0.3) is 5.91 Å². The van der Waals surface area contributed by atoms with E-state index in [1.165, 1.54) is 19.3 Å². The largest absolute Gasteiger partial charge is 0.454 e. The average Bonchev–Trinajstić information content (AvgIpc) is 3.04. The molecule has 1 aromatic rings. The summed E-state index contributed by atoms with van der Waals surface area (Å²) in [5, 5.41) is 5.86. The lowest BCUT2D eigenvalue weighted by molar-refractivity contribution is -0.122. The highest BCUT2D eigenvalue weighted by atomic mass is 16.7. The van der Waals surface area contributed by atoms with E-state index in [4.69, 9.17) is 9.47 Å². The molecule has 0 radical (unpaired) electrons. The molecule has 6 nitrogen and oxygen atoms in total. The van der Waals surface area contributed by atoms with E-state index >= 15 is 0 Å². The van der Waals surface area contributed by atoms with Gasteiger partial charge in [0.1, 0.15) is 0 Å². The third-order valence-electron chi connectivity index (χ3n) is 4.73. The molecular weight excluding hydrogens is 308 g/mol. The monoisotopic (exact) mass is 332 g/mol. The van der Waals surface area contributed by atoms with Crippen molar-refractivity contribution in [3.8, 4) is 11.5 Å². The molecular formula is C18H24N2O4. The normalized spacial score (nSPS) is 22.0. The van der Waals surface area contributed by atoms with Crippen LogP contribution in [0, 0.1) is 5.92 Å². The molecule has 0 bridgehead atoms. The fourth-order valence-corrected chi connectivity index (χ4v) is 3.24. The van der Waals surface area contributed by atoms with Gasteiger partial charge in [-0.3, -0.25) is 9.59 Å². The van der Waals surface area contributed by atoms with Gasteiger partial charge in [-0.1, -0.05) is 19.8 Å². The molecule has 2 amide bonds. The van der Waals surface area contributed by atoms with Gasteiger partial charge in [-0.15, -0.1) is 0 Å². The second-order valence-electron chi connectivity index (χ2n) is 6.51. The maximum Gasteiger partial charge on any atom is 0.251 e. The van der Waals surface area contributed by atoms with Gasteiger partial charge < -0.3 is 20.1 Å². The molecule has 1 aliphatic carbocycles. The van der Waals surface area contributed by atoms with E-state index in [0.717, 1.165) is 6.42 Å². The smallest absolute Gasteiger partial charge is 0.251 e. The summed E-state index contributed by atoms with van der Waals surface area (Å²) in [6.45, 7) is 2.69. The second kappa shape index (κ2) is 7.55. The zero-order chi connectivity index (χ0) is 16.9. The van der Waals surface area contributed by atoms with Gasteiger partial charge in [0, 0.05) is 24.6 Å². The van der Waals surface area contributed by atoms with Crippen molar-refractivity contribution in [1.82, 2.24) is 10.6 Å². The summed E-state index contributed by atoms with van der Waals surface area (Å²) in [6.07, 6.45) is 4.94. The van der Waals surface area contributed by atoms with Crippen LogP contribution in [0.15, 0.2) is 18.2 Å². The topological polar surface area (TPSA) is 76.7 Å². The number of nitrogens with one attached hydrogen (secondary N) is 2. The molecule has 24 heavy (non-hydrogen) atoms. The highest BCUT2D eigenvalue weighted by Crippen LogP contribution is 2.32. The Hall–Kier alpha value is -2.24. The van der Waals surface area contributed by atoms with Crippen LogP contribution in [0.1, 0.15) is 49.4 Å². The Morgan fingerprint density at radius 1 is 1.17 bits per heavy atom. The maximum absolute atomic E-state index is 12.1. The van der Waals surface area contributed by atoms with Gasteiger partial charge >= 0.3 is 0 Å². The lowest BCUT2D eigenvalue weighted by atomic mass is 9.86. The number of hydrogen-bond acceptors (Lipinski definition) is 4. The average molecular weight is 332 g/mol. The highest BCUT2D eigenvalue weighted by Gasteiger charge is 2.22. The van der Waals surface area contributed by atoms with Gasteiger partial charge in [0.05, 0.1) is 0 Å². The Morgan fingerprint density at radius 3 is 2.79 bits per heavy atom. The van der Waals surface area contributed by atoms with Crippen LogP contribution in [0.25, 0.3) is 0 Å². The summed E-state index contributed by atoms with van der Waals surface area (Å²) in [7, 11) is 0. The van der Waals surface area contributed by atoms with E-state index in [2.05, 4.69) is 17.6 Å². The Balaban J connectivity index is 1.42. The standard InChI is InChI=1S/C18H24N2O4/c1-12-4-2-3-5-14(12)20-17(21)8-9-19-18(22)13-6-7-15-16(10-13)24-11-23-15/h6-7,10,12,14H,2-5,8-9,11H2,1H3,(H,19,22)(H,20,21). The number of carbonyl (C=O) groups is 2. The maximum atomic E-state index is 12.1. The fraction of sp³-hybridized carbons (Fsp3) is 0.556. The molecule has 2 N–H and O–H groups in total. The van der Waals surface area contributed by atoms with Crippen LogP contribution >= 0.6 is 0 Å². The lowest BCUT2D eigenvalue weighted by Gasteiger charge is -2.29. The number of fused-ring (bicyclic) bond motifs is 1. The SMILES string of the molecule is CC1CCCCC1NC(=O)CCNC(=O)c1ccc2c(c1)OCO2. The minimum absolute atomic E-state index is 0.000244. The summed E-state index contributed by atoms with van der Waals surface area (Å²) >= 11 is 0. The second-order valence-corrected chi connectivity index (χ2v) is 6.51. The molecule has 2 atom stereocenters. The van der Waals surface area contributed by atoms with E-state index in [0.29, 0.717) is 35.9 Å². The van der Waals surface area contributed by atoms with Gasteiger partial charge in [-0.2, -0.15) is 0 Å². The van der Waals surface area contributed by atoms with Crippen LogP contribution < -0.4 is 20.1 Å². The van der Waals surface area contributed by atoms with Crippen LogP contribution in [0.5, 0.6) is 11.5 Å². The van der Waals surface area contributed by atoms with E-state index in [-0.39, 0.29) is 24.6 Å². The van der Waals surface area contributed by atoms with Crippen molar-refractivity contribution in [3.63, 3.8) is 0 Å². The van der Waals surface area contributed by atoms with E-state index in [1.54, 1.807) is 18.2 Å². The zero-order valence-electron chi connectivity index (χ0n) is 14.0. The van der Waals surface area contributed by atoms with E-state index in [9.17, 15) is 9.59 Å². The minimum atomic E-state index is -0.216. The molecule has 2 aliphatic rings. The van der Waals surface area contributed by atoms with Crippen LogP contribution in [-0.4, -0.2) is 31.2 Å². The van der Waals surface area contributed by atoms with Crippen molar-refractivity contribution in [2.75, 3.05) is 13.3 Å². The van der Waals surface area contributed by atoms with Crippen molar-refractivity contribution in [1.29, 1.82) is 0 Å². The summed E-state index contributed by atoms with van der Waals surface area (Å²) in [5.74, 6) is 1.54. The van der Waals surface area contributed by atoms with E-state index < -0.39 is 0 Å². The number of amides is 2. The molecule has 130 valence electrons. The number of hydrogen-bond donors (Lipinski definition) is 2. The molecule has 3 rings (SSSR count). The Kier molecular flexibility index (Phi) is 5.23. The third kappa shape index (κ3) is 3.99. The van der Waals surface area contributed by atoms with E-state index in [1.807, 2.05) is 0 Å². The number of rotatable bonds is 5. The van der Waals surface area contributed by atoms with Gasteiger partial charge in [-0.05, 0) is 37.0 Å². The van der Waals surface area contributed by atoms with Crippen LogP contribution in [0.3, 0.4) is 0 Å². The molecule has 1 fully saturated rings. The quantitative estimate of drug-likeness (QED) is 0.867. The Morgan fingerprint density at radius 2 is 1.96 bits per heavy atom. The lowest BCUT2D eigenvalue weighted by Crippen LogP contribution is -2.42. The van der Waals surface area contributed by atoms with Gasteiger partial charge in [0.2, 0.25) is 12.7 Å². The molecule has 1 saturated carbocycles.